The molecule has 2 heteroatoms. The van der Waals surface area contributed by atoms with E-state index < -0.39 is 0 Å². The first-order valence-electron chi connectivity index (χ1n) is 5.80. The second kappa shape index (κ2) is 7.84. The highest BCUT2D eigenvalue weighted by atomic mass is 16.5. The molecular weight excluding hydrogens is 176 g/mol. The fourth-order valence-electron chi connectivity index (χ4n) is 1.59. The predicted molar refractivity (Wildman–Crippen MR) is 59.1 cm³/mol. The Hall–Kier alpha value is -0.530. The second-order valence-corrected chi connectivity index (χ2v) is 4.10. The minimum Gasteiger partial charge on any atom is -0.466 e. The van der Waals surface area contributed by atoms with E-state index in [1.807, 2.05) is 6.92 Å². The third-order valence-corrected chi connectivity index (χ3v) is 2.51. The Balaban J connectivity index is 3.95. The Morgan fingerprint density at radius 3 is 2.29 bits per heavy atom. The molecule has 0 aromatic rings. The molecule has 1 unspecified atom stereocenters. The predicted octanol–water partition coefficient (Wildman–Crippen LogP) is 3.40. The van der Waals surface area contributed by atoms with Crippen molar-refractivity contribution >= 4 is 5.97 Å². The lowest BCUT2D eigenvalue weighted by Gasteiger charge is -2.18. The highest BCUT2D eigenvalue weighted by Gasteiger charge is 2.22. The normalized spacial score (nSPS) is 12.9. The van der Waals surface area contributed by atoms with E-state index in [4.69, 9.17) is 4.74 Å². The molecule has 0 aliphatic heterocycles. The van der Waals surface area contributed by atoms with Crippen LogP contribution in [0.4, 0.5) is 0 Å². The van der Waals surface area contributed by atoms with Crippen molar-refractivity contribution in [1.82, 2.24) is 0 Å². The molecule has 0 aliphatic carbocycles. The number of rotatable bonds is 7. The number of esters is 1. The molecule has 0 spiro atoms. The quantitative estimate of drug-likeness (QED) is 0.465. The van der Waals surface area contributed by atoms with Crippen LogP contribution in [0.2, 0.25) is 0 Å². The van der Waals surface area contributed by atoms with Gasteiger partial charge in [0.05, 0.1) is 12.5 Å². The lowest BCUT2D eigenvalue weighted by atomic mass is 9.90. The summed E-state index contributed by atoms with van der Waals surface area (Å²) in [4.78, 5) is 11.6. The van der Waals surface area contributed by atoms with Gasteiger partial charge in [-0.25, -0.2) is 0 Å². The Morgan fingerprint density at radius 2 is 1.86 bits per heavy atom. The summed E-state index contributed by atoms with van der Waals surface area (Å²) < 4.78 is 5.06. The standard InChI is InChI=1S/C12H24O2/c1-5-7-8-9-11(10(3)4)12(13)14-6-2/h10-11H,5-9H2,1-4H3. The van der Waals surface area contributed by atoms with Gasteiger partial charge in [-0.3, -0.25) is 4.79 Å². The molecular formula is C12H24O2. The average Bonchev–Trinajstić information content (AvgIpc) is 2.12. The smallest absolute Gasteiger partial charge is 0.309 e. The summed E-state index contributed by atoms with van der Waals surface area (Å²) in [6.45, 7) is 8.72. The third-order valence-electron chi connectivity index (χ3n) is 2.51. The van der Waals surface area contributed by atoms with Crippen LogP contribution in [0.5, 0.6) is 0 Å². The van der Waals surface area contributed by atoms with Crippen molar-refractivity contribution in [3.05, 3.63) is 0 Å². The van der Waals surface area contributed by atoms with Crippen LogP contribution in [0.15, 0.2) is 0 Å². The van der Waals surface area contributed by atoms with Crippen LogP contribution in [0.1, 0.15) is 53.4 Å². The zero-order valence-electron chi connectivity index (χ0n) is 10.0. The molecule has 0 saturated heterocycles. The third kappa shape index (κ3) is 5.25. The molecule has 2 nitrogen and oxygen atoms in total. The fourth-order valence-corrected chi connectivity index (χ4v) is 1.59. The van der Waals surface area contributed by atoms with E-state index in [0.29, 0.717) is 12.5 Å². The van der Waals surface area contributed by atoms with Crippen LogP contribution in [-0.4, -0.2) is 12.6 Å². The Kier molecular flexibility index (Phi) is 7.54. The molecule has 0 N–H and O–H groups in total. The van der Waals surface area contributed by atoms with Crippen molar-refractivity contribution in [3.8, 4) is 0 Å². The lowest BCUT2D eigenvalue weighted by molar-refractivity contribution is -0.149. The van der Waals surface area contributed by atoms with Gasteiger partial charge in [-0.2, -0.15) is 0 Å². The van der Waals surface area contributed by atoms with Gasteiger partial charge in [0, 0.05) is 0 Å². The lowest BCUT2D eigenvalue weighted by Crippen LogP contribution is -2.22. The summed E-state index contributed by atoms with van der Waals surface area (Å²) in [6.07, 6.45) is 4.53. The molecule has 0 heterocycles. The summed E-state index contributed by atoms with van der Waals surface area (Å²) >= 11 is 0. The monoisotopic (exact) mass is 200 g/mol. The highest BCUT2D eigenvalue weighted by molar-refractivity contribution is 5.72. The molecule has 0 aromatic carbocycles. The van der Waals surface area contributed by atoms with Gasteiger partial charge in [-0.1, -0.05) is 40.0 Å². The number of hydrogen-bond acceptors (Lipinski definition) is 2. The number of carbonyl (C=O) groups excluding carboxylic acids is 1. The van der Waals surface area contributed by atoms with Gasteiger partial charge in [0.15, 0.2) is 0 Å². The molecule has 0 saturated carbocycles. The van der Waals surface area contributed by atoms with Gasteiger partial charge in [-0.15, -0.1) is 0 Å². The van der Waals surface area contributed by atoms with Gasteiger partial charge < -0.3 is 4.74 Å². The van der Waals surface area contributed by atoms with Crippen LogP contribution >= 0.6 is 0 Å². The maximum atomic E-state index is 11.6. The van der Waals surface area contributed by atoms with E-state index in [9.17, 15) is 4.79 Å². The molecule has 0 fully saturated rings. The molecule has 0 bridgehead atoms. The first kappa shape index (κ1) is 13.5. The van der Waals surface area contributed by atoms with Gasteiger partial charge in [-0.05, 0) is 19.3 Å². The topological polar surface area (TPSA) is 26.3 Å². The van der Waals surface area contributed by atoms with Crippen molar-refractivity contribution in [1.29, 1.82) is 0 Å². The summed E-state index contributed by atoms with van der Waals surface area (Å²) in [5.41, 5.74) is 0. The minimum atomic E-state index is -0.0152. The van der Waals surface area contributed by atoms with Crippen molar-refractivity contribution < 1.29 is 9.53 Å². The largest absolute Gasteiger partial charge is 0.466 e. The van der Waals surface area contributed by atoms with Crippen molar-refractivity contribution in [3.63, 3.8) is 0 Å². The van der Waals surface area contributed by atoms with E-state index >= 15 is 0 Å². The van der Waals surface area contributed by atoms with Gasteiger partial charge in [0.25, 0.3) is 0 Å². The number of hydrogen-bond donors (Lipinski definition) is 0. The summed E-state index contributed by atoms with van der Waals surface area (Å²) in [7, 11) is 0. The van der Waals surface area contributed by atoms with Crippen LogP contribution in [-0.2, 0) is 9.53 Å². The SMILES string of the molecule is CCCCCC(C(=O)OCC)C(C)C. The molecule has 14 heavy (non-hydrogen) atoms. The van der Waals surface area contributed by atoms with E-state index in [2.05, 4.69) is 20.8 Å². The van der Waals surface area contributed by atoms with Gasteiger partial charge in [0.2, 0.25) is 0 Å². The maximum Gasteiger partial charge on any atom is 0.309 e. The molecule has 1 atom stereocenters. The molecule has 84 valence electrons. The van der Waals surface area contributed by atoms with E-state index in [-0.39, 0.29) is 11.9 Å². The Morgan fingerprint density at radius 1 is 1.21 bits per heavy atom. The second-order valence-electron chi connectivity index (χ2n) is 4.10. The van der Waals surface area contributed by atoms with Crippen LogP contribution in [0.3, 0.4) is 0 Å². The molecule has 0 radical (unpaired) electrons. The van der Waals surface area contributed by atoms with Crippen LogP contribution < -0.4 is 0 Å². The van der Waals surface area contributed by atoms with E-state index in [0.717, 1.165) is 12.8 Å². The van der Waals surface area contributed by atoms with Crippen molar-refractivity contribution in [2.24, 2.45) is 11.8 Å². The number of unbranched alkanes of at least 4 members (excludes halogenated alkanes) is 2. The van der Waals surface area contributed by atoms with Crippen molar-refractivity contribution in [2.75, 3.05) is 6.61 Å². The number of carbonyl (C=O) groups is 1. The number of ether oxygens (including phenoxy) is 1. The van der Waals surface area contributed by atoms with Gasteiger partial charge >= 0.3 is 5.97 Å². The zero-order valence-corrected chi connectivity index (χ0v) is 10.0. The first-order valence-corrected chi connectivity index (χ1v) is 5.80. The Labute approximate surface area is 88.0 Å². The maximum absolute atomic E-state index is 11.6. The Bertz CT molecular complexity index is 152. The highest BCUT2D eigenvalue weighted by Crippen LogP contribution is 2.20. The average molecular weight is 200 g/mol. The van der Waals surface area contributed by atoms with Gasteiger partial charge in [0.1, 0.15) is 0 Å². The summed E-state index contributed by atoms with van der Waals surface area (Å²) in [6, 6.07) is 0. The minimum absolute atomic E-state index is 0.0152. The summed E-state index contributed by atoms with van der Waals surface area (Å²) in [5.74, 6) is 0.478. The molecule has 0 rings (SSSR count). The first-order chi connectivity index (χ1) is 6.63. The van der Waals surface area contributed by atoms with E-state index in [1.54, 1.807) is 0 Å². The fraction of sp³-hybridized carbons (Fsp3) is 0.917. The van der Waals surface area contributed by atoms with E-state index in [1.165, 1.54) is 12.8 Å². The van der Waals surface area contributed by atoms with Crippen molar-refractivity contribution in [2.45, 2.75) is 53.4 Å². The molecule has 0 amide bonds. The molecule has 0 aliphatic rings. The molecule has 0 aromatic heterocycles. The van der Waals surface area contributed by atoms with Crippen LogP contribution in [0, 0.1) is 11.8 Å². The zero-order chi connectivity index (χ0) is 11.0. The van der Waals surface area contributed by atoms with Crippen LogP contribution in [0.25, 0.3) is 0 Å². The summed E-state index contributed by atoms with van der Waals surface area (Å²) in [5, 5.41) is 0.